The fraction of sp³-hybridized carbons (Fsp3) is 0.333. The zero-order chi connectivity index (χ0) is 29.3. The summed E-state index contributed by atoms with van der Waals surface area (Å²) in [7, 11) is 0. The van der Waals surface area contributed by atoms with Crippen LogP contribution >= 0.6 is 23.5 Å². The Hall–Kier alpha value is -3.06. The lowest BCUT2D eigenvalue weighted by Gasteiger charge is -2.27. The summed E-state index contributed by atoms with van der Waals surface area (Å²) in [6, 6.07) is 16.4. The summed E-state index contributed by atoms with van der Waals surface area (Å²) in [6.45, 7) is 3.80. The Kier molecular flexibility index (Phi) is 10.8. The van der Waals surface area contributed by atoms with Crippen LogP contribution in [0.25, 0.3) is 0 Å². The van der Waals surface area contributed by atoms with E-state index in [4.69, 9.17) is 0 Å². The van der Waals surface area contributed by atoms with Crippen molar-refractivity contribution in [2.75, 3.05) is 39.8 Å². The summed E-state index contributed by atoms with van der Waals surface area (Å²) >= 11 is 3.33. The van der Waals surface area contributed by atoms with Gasteiger partial charge in [-0.15, -0.1) is 0 Å². The van der Waals surface area contributed by atoms with Crippen molar-refractivity contribution in [1.29, 1.82) is 0 Å². The highest BCUT2D eigenvalue weighted by atomic mass is 32.2. The van der Waals surface area contributed by atoms with Gasteiger partial charge < -0.3 is 10.6 Å². The average Bonchev–Trinajstić information content (AvgIpc) is 3.01. The maximum atomic E-state index is 13.4. The number of thioether (sulfide) groups is 2. The van der Waals surface area contributed by atoms with Crippen LogP contribution in [0, 0.1) is 23.3 Å². The van der Waals surface area contributed by atoms with Gasteiger partial charge in [-0.2, -0.15) is 0 Å². The van der Waals surface area contributed by atoms with E-state index in [0.29, 0.717) is 52.6 Å². The van der Waals surface area contributed by atoms with Crippen LogP contribution < -0.4 is 10.6 Å². The van der Waals surface area contributed by atoms with Gasteiger partial charge in [-0.25, -0.2) is 27.5 Å². The monoisotopic (exact) mass is 616 g/mol. The van der Waals surface area contributed by atoms with Gasteiger partial charge in [0.2, 0.25) is 0 Å². The van der Waals surface area contributed by atoms with E-state index in [1.54, 1.807) is 35.7 Å². The van der Waals surface area contributed by atoms with Gasteiger partial charge in [0.15, 0.2) is 33.6 Å². The first-order chi connectivity index (χ1) is 20.4. The summed E-state index contributed by atoms with van der Waals surface area (Å²) in [4.78, 5) is 13.6. The molecule has 2 aliphatic heterocycles. The van der Waals surface area contributed by atoms with Crippen molar-refractivity contribution in [2.24, 2.45) is 9.98 Å². The Labute approximate surface area is 251 Å². The SMILES string of the molecule is Fc1ccc(CCN2CN=C(SCc3ccccc3CSC3=NCN(CCc4ccc(F)c(F)c4)CN3)NC2)cc1F. The van der Waals surface area contributed by atoms with Gasteiger partial charge in [0.1, 0.15) is 0 Å². The van der Waals surface area contributed by atoms with Crippen molar-refractivity contribution in [3.05, 3.63) is 106 Å². The number of benzene rings is 3. The second-order valence-corrected chi connectivity index (χ2v) is 11.9. The molecule has 2 aliphatic rings. The smallest absolute Gasteiger partial charge is 0.159 e. The van der Waals surface area contributed by atoms with Gasteiger partial charge in [-0.3, -0.25) is 9.80 Å². The van der Waals surface area contributed by atoms with Gasteiger partial charge >= 0.3 is 0 Å². The van der Waals surface area contributed by atoms with Crippen molar-refractivity contribution in [2.45, 2.75) is 24.3 Å². The van der Waals surface area contributed by atoms with Crippen molar-refractivity contribution < 1.29 is 17.6 Å². The predicted molar refractivity (Wildman–Crippen MR) is 163 cm³/mol. The first-order valence-corrected chi connectivity index (χ1v) is 15.6. The highest BCUT2D eigenvalue weighted by molar-refractivity contribution is 8.13. The summed E-state index contributed by atoms with van der Waals surface area (Å²) in [6.07, 6.45) is 1.24. The third-order valence-corrected chi connectivity index (χ3v) is 8.99. The van der Waals surface area contributed by atoms with E-state index >= 15 is 0 Å². The van der Waals surface area contributed by atoms with Crippen LogP contribution in [0.2, 0.25) is 0 Å². The highest BCUT2D eigenvalue weighted by Gasteiger charge is 2.16. The van der Waals surface area contributed by atoms with Crippen molar-refractivity contribution >= 4 is 33.9 Å². The summed E-state index contributed by atoms with van der Waals surface area (Å²) in [5.41, 5.74) is 4.01. The highest BCUT2D eigenvalue weighted by Crippen LogP contribution is 2.23. The molecular weight excluding hydrogens is 584 g/mol. The normalized spacial score (nSPS) is 16.0. The van der Waals surface area contributed by atoms with Gasteiger partial charge in [-0.1, -0.05) is 59.9 Å². The summed E-state index contributed by atoms with van der Waals surface area (Å²) in [5, 5.41) is 8.50. The van der Waals surface area contributed by atoms with Gasteiger partial charge in [0.25, 0.3) is 0 Å². The molecule has 0 bridgehead atoms. The Bertz CT molecular complexity index is 1330. The van der Waals surface area contributed by atoms with Crippen LogP contribution in [-0.4, -0.2) is 59.9 Å². The van der Waals surface area contributed by atoms with Crippen molar-refractivity contribution in [3.8, 4) is 0 Å². The fourth-order valence-electron chi connectivity index (χ4n) is 4.49. The molecule has 42 heavy (non-hydrogen) atoms. The van der Waals surface area contributed by atoms with E-state index in [9.17, 15) is 17.6 Å². The van der Waals surface area contributed by atoms with Crippen LogP contribution in [0.4, 0.5) is 17.6 Å². The molecule has 0 spiro atoms. The zero-order valence-electron chi connectivity index (χ0n) is 23.0. The lowest BCUT2D eigenvalue weighted by molar-refractivity contribution is 0.270. The fourth-order valence-corrected chi connectivity index (χ4v) is 6.27. The molecule has 0 aromatic heterocycles. The summed E-state index contributed by atoms with van der Waals surface area (Å²) < 4.78 is 53.2. The lowest BCUT2D eigenvalue weighted by Crippen LogP contribution is -2.42. The first kappa shape index (κ1) is 30.4. The van der Waals surface area contributed by atoms with Crippen LogP contribution in [0.1, 0.15) is 22.3 Å². The Morgan fingerprint density at radius 3 is 1.45 bits per heavy atom. The van der Waals surface area contributed by atoms with Crippen molar-refractivity contribution in [1.82, 2.24) is 20.4 Å². The van der Waals surface area contributed by atoms with Crippen LogP contribution in [0.15, 0.2) is 70.6 Å². The minimum Gasteiger partial charge on any atom is -0.352 e. The molecule has 6 nitrogen and oxygen atoms in total. The van der Waals surface area contributed by atoms with E-state index < -0.39 is 23.3 Å². The topological polar surface area (TPSA) is 55.3 Å². The summed E-state index contributed by atoms with van der Waals surface area (Å²) in [5.74, 6) is -1.71. The molecule has 0 radical (unpaired) electrons. The molecule has 0 fully saturated rings. The molecule has 2 N–H and O–H groups in total. The van der Waals surface area contributed by atoms with Gasteiger partial charge in [-0.05, 0) is 59.4 Å². The molecule has 222 valence electrons. The average molecular weight is 617 g/mol. The molecule has 0 saturated carbocycles. The zero-order valence-corrected chi connectivity index (χ0v) is 24.6. The van der Waals surface area contributed by atoms with E-state index in [0.717, 1.165) is 33.0 Å². The van der Waals surface area contributed by atoms with Gasteiger partial charge in [0, 0.05) is 24.6 Å². The predicted octanol–water partition coefficient (Wildman–Crippen LogP) is 5.55. The lowest BCUT2D eigenvalue weighted by atomic mass is 10.1. The van der Waals surface area contributed by atoms with Crippen LogP contribution in [-0.2, 0) is 24.3 Å². The van der Waals surface area contributed by atoms with Crippen molar-refractivity contribution in [3.63, 3.8) is 0 Å². The third-order valence-electron chi connectivity index (χ3n) is 6.99. The maximum Gasteiger partial charge on any atom is 0.159 e. The van der Waals surface area contributed by atoms with Crippen LogP contribution in [0.5, 0.6) is 0 Å². The molecule has 2 heterocycles. The second kappa shape index (κ2) is 14.9. The molecule has 0 atom stereocenters. The number of hydrogen-bond donors (Lipinski definition) is 2. The quantitative estimate of drug-likeness (QED) is 0.292. The Morgan fingerprint density at radius 2 is 1.07 bits per heavy atom. The molecule has 0 unspecified atom stereocenters. The molecule has 0 amide bonds. The molecule has 3 aromatic carbocycles. The van der Waals surface area contributed by atoms with E-state index in [2.05, 4.69) is 42.6 Å². The number of amidine groups is 2. The first-order valence-electron chi connectivity index (χ1n) is 13.6. The third kappa shape index (κ3) is 8.73. The number of aliphatic imine (C=N–C) groups is 2. The molecule has 12 heteroatoms. The largest absolute Gasteiger partial charge is 0.352 e. The number of nitrogens with one attached hydrogen (secondary N) is 2. The number of nitrogens with zero attached hydrogens (tertiary/aromatic N) is 4. The Balaban J connectivity index is 1.04. The maximum absolute atomic E-state index is 13.4. The number of hydrogen-bond acceptors (Lipinski definition) is 8. The molecular formula is C30H32F4N6S2. The minimum absolute atomic E-state index is 0.555. The standard InChI is InChI=1S/C30H32F4N6S2/c31-25-7-5-21(13-27(25)33)9-11-39-17-35-29(36-18-39)41-15-23-3-1-2-4-24(23)16-42-30-37-19-40(20-38-30)12-10-22-6-8-26(32)28(34)14-22/h1-8,13-14H,9-12,15-20H2,(H,35,36)(H,37,38). The Morgan fingerprint density at radius 1 is 0.619 bits per heavy atom. The molecule has 3 aromatic rings. The van der Waals surface area contributed by atoms with E-state index in [-0.39, 0.29) is 0 Å². The van der Waals surface area contributed by atoms with Crippen LogP contribution in [0.3, 0.4) is 0 Å². The second-order valence-electron chi connectivity index (χ2n) is 10.0. The number of halogens is 4. The minimum atomic E-state index is -0.827. The number of rotatable bonds is 10. The molecule has 0 saturated heterocycles. The van der Waals surface area contributed by atoms with Gasteiger partial charge in [0.05, 0.1) is 26.7 Å². The van der Waals surface area contributed by atoms with E-state index in [1.165, 1.54) is 35.4 Å². The molecule has 0 aliphatic carbocycles. The molecule has 5 rings (SSSR count). The van der Waals surface area contributed by atoms with E-state index in [1.807, 2.05) is 12.1 Å².